The van der Waals surface area contributed by atoms with Gasteiger partial charge >= 0.3 is 0 Å². The summed E-state index contributed by atoms with van der Waals surface area (Å²) in [5, 5.41) is 0. The van der Waals surface area contributed by atoms with E-state index in [0.29, 0.717) is 49.4 Å². The van der Waals surface area contributed by atoms with E-state index in [2.05, 4.69) is 24.8 Å². The predicted molar refractivity (Wildman–Crippen MR) is 151 cm³/mol. The molecule has 0 heterocycles. The Kier molecular flexibility index (Phi) is 12.0. The van der Waals surface area contributed by atoms with Crippen LogP contribution in [0.3, 0.4) is 0 Å². The predicted octanol–water partition coefficient (Wildman–Crippen LogP) is 6.47. The highest BCUT2D eigenvalue weighted by molar-refractivity contribution is 5.80. The zero-order valence-corrected chi connectivity index (χ0v) is 23.0. The molecule has 0 amide bonds. The number of ether oxygens (including phenoxy) is 6. The fourth-order valence-electron chi connectivity index (χ4n) is 4.39. The topological polar surface area (TPSA) is 55.4 Å². The van der Waals surface area contributed by atoms with Crippen molar-refractivity contribution >= 4 is 0 Å². The van der Waals surface area contributed by atoms with Crippen LogP contribution in [0.4, 0.5) is 0 Å². The van der Waals surface area contributed by atoms with Crippen LogP contribution >= 0.6 is 0 Å². The van der Waals surface area contributed by atoms with Crippen molar-refractivity contribution in [3.63, 3.8) is 0 Å². The number of hydrogen-bond acceptors (Lipinski definition) is 6. The normalized spacial score (nSPS) is 10.7. The molecule has 0 aliphatic rings. The summed E-state index contributed by atoms with van der Waals surface area (Å²) in [6.45, 7) is 6.10. The fraction of sp³-hybridized carbons (Fsp3) is 0.375. The van der Waals surface area contributed by atoms with Crippen LogP contribution < -0.4 is 18.9 Å². The highest BCUT2D eigenvalue weighted by atomic mass is 16.5. The highest BCUT2D eigenvalue weighted by Gasteiger charge is 2.22. The van der Waals surface area contributed by atoms with Crippen molar-refractivity contribution in [3.05, 3.63) is 83.9 Å². The van der Waals surface area contributed by atoms with Crippen LogP contribution in [-0.4, -0.2) is 48.3 Å². The van der Waals surface area contributed by atoms with Crippen LogP contribution in [0, 0.1) is 6.07 Å². The van der Waals surface area contributed by atoms with Crippen LogP contribution in [0.1, 0.15) is 29.5 Å². The Morgan fingerprint density at radius 1 is 0.737 bits per heavy atom. The quantitative estimate of drug-likeness (QED) is 0.150. The average molecular weight is 520 g/mol. The number of aryl methyl sites for hydroxylation is 2. The molecule has 0 atom stereocenters. The van der Waals surface area contributed by atoms with E-state index in [4.69, 9.17) is 28.4 Å². The van der Waals surface area contributed by atoms with Gasteiger partial charge in [0.2, 0.25) is 0 Å². The maximum absolute atomic E-state index is 5.97. The molecule has 1 radical (unpaired) electrons. The molecule has 0 N–H and O–H groups in total. The Bertz CT molecular complexity index is 1140. The zero-order valence-electron chi connectivity index (χ0n) is 23.0. The van der Waals surface area contributed by atoms with Crippen molar-refractivity contribution < 1.29 is 28.4 Å². The summed E-state index contributed by atoms with van der Waals surface area (Å²) >= 11 is 0. The number of benzene rings is 3. The van der Waals surface area contributed by atoms with Crippen LogP contribution in [0.2, 0.25) is 0 Å². The Labute approximate surface area is 227 Å². The van der Waals surface area contributed by atoms with Gasteiger partial charge in [-0.3, -0.25) is 0 Å². The van der Waals surface area contributed by atoms with Crippen molar-refractivity contribution in [2.75, 3.05) is 48.3 Å². The first kappa shape index (κ1) is 29.1. The van der Waals surface area contributed by atoms with Gasteiger partial charge < -0.3 is 28.4 Å². The van der Waals surface area contributed by atoms with Gasteiger partial charge in [-0.1, -0.05) is 42.5 Å². The lowest BCUT2D eigenvalue weighted by Gasteiger charge is -2.21. The van der Waals surface area contributed by atoms with Gasteiger partial charge in [-0.05, 0) is 60.6 Å². The summed E-state index contributed by atoms with van der Waals surface area (Å²) in [7, 11) is 6.60. The summed E-state index contributed by atoms with van der Waals surface area (Å²) in [5.74, 6) is 2.68. The van der Waals surface area contributed by atoms with Crippen LogP contribution in [-0.2, 0) is 28.9 Å². The van der Waals surface area contributed by atoms with Crippen LogP contribution in [0.25, 0.3) is 11.1 Å². The van der Waals surface area contributed by atoms with Crippen molar-refractivity contribution in [1.29, 1.82) is 0 Å². The molecule has 38 heavy (non-hydrogen) atoms. The zero-order chi connectivity index (χ0) is 27.2. The molecular weight excluding hydrogens is 480 g/mol. The fourth-order valence-corrected chi connectivity index (χ4v) is 4.39. The molecule has 3 aromatic carbocycles. The van der Waals surface area contributed by atoms with Crippen molar-refractivity contribution in [2.24, 2.45) is 0 Å². The van der Waals surface area contributed by atoms with Gasteiger partial charge in [0, 0.05) is 24.3 Å². The maximum atomic E-state index is 5.97. The van der Waals surface area contributed by atoms with Gasteiger partial charge in [0.25, 0.3) is 0 Å². The van der Waals surface area contributed by atoms with Gasteiger partial charge in [0.1, 0.15) is 0 Å². The van der Waals surface area contributed by atoms with Gasteiger partial charge in [-0.2, -0.15) is 0 Å². The van der Waals surface area contributed by atoms with Gasteiger partial charge in [0.15, 0.2) is 23.0 Å². The molecule has 0 aromatic heterocycles. The molecule has 0 bridgehead atoms. The summed E-state index contributed by atoms with van der Waals surface area (Å²) in [5.41, 5.74) is 5.04. The highest BCUT2D eigenvalue weighted by Crippen LogP contribution is 2.45. The molecule has 0 saturated heterocycles. The first-order valence-electron chi connectivity index (χ1n) is 12.9. The van der Waals surface area contributed by atoms with Crippen molar-refractivity contribution in [1.82, 2.24) is 0 Å². The molecular formula is C32H39O6. The molecule has 203 valence electrons. The molecule has 0 spiro atoms. The first-order valence-corrected chi connectivity index (χ1v) is 12.9. The Balaban J connectivity index is 1.91. The molecule has 6 nitrogen and oxygen atoms in total. The minimum atomic E-state index is 0.538. The third-order valence-corrected chi connectivity index (χ3v) is 6.17. The third kappa shape index (κ3) is 7.76. The second-order valence-corrected chi connectivity index (χ2v) is 8.70. The molecule has 0 aliphatic heterocycles. The molecule has 0 saturated carbocycles. The van der Waals surface area contributed by atoms with E-state index in [-0.39, 0.29) is 0 Å². The van der Waals surface area contributed by atoms with E-state index in [1.807, 2.05) is 36.4 Å². The molecule has 3 rings (SSSR count). The molecule has 0 aliphatic carbocycles. The molecule has 6 heteroatoms. The summed E-state index contributed by atoms with van der Waals surface area (Å²) < 4.78 is 34.4. The smallest absolute Gasteiger partial charge is 0.169 e. The van der Waals surface area contributed by atoms with E-state index < -0.39 is 0 Å². The minimum absolute atomic E-state index is 0.538. The van der Waals surface area contributed by atoms with Crippen LogP contribution in [0.5, 0.6) is 23.0 Å². The average Bonchev–Trinajstić information content (AvgIpc) is 2.96. The summed E-state index contributed by atoms with van der Waals surface area (Å²) in [6.07, 6.45) is 4.94. The maximum Gasteiger partial charge on any atom is 0.169 e. The molecule has 0 fully saturated rings. The van der Waals surface area contributed by atoms with E-state index in [1.165, 1.54) is 0 Å². The van der Waals surface area contributed by atoms with Crippen molar-refractivity contribution in [3.8, 4) is 34.1 Å². The van der Waals surface area contributed by atoms with E-state index in [0.717, 1.165) is 53.5 Å². The summed E-state index contributed by atoms with van der Waals surface area (Å²) in [4.78, 5) is 0. The Morgan fingerprint density at radius 2 is 1.42 bits per heavy atom. The largest absolute Gasteiger partial charge is 0.493 e. The van der Waals surface area contributed by atoms with Gasteiger partial charge in [-0.25, -0.2) is 0 Å². The summed E-state index contributed by atoms with van der Waals surface area (Å²) in [6, 6.07) is 19.7. The van der Waals surface area contributed by atoms with Crippen molar-refractivity contribution in [2.45, 2.75) is 32.3 Å². The first-order chi connectivity index (χ1) is 18.7. The van der Waals surface area contributed by atoms with E-state index in [9.17, 15) is 0 Å². The lowest BCUT2D eigenvalue weighted by molar-refractivity contribution is 0.118. The SMILES string of the molecule is C=CCOCCCc1[c]c(CCCOCc2ccccc2)c(-c2ccc(OC)c(OC)c2)c(OC)c1OC. The standard InChI is InChI=1S/C32H39O6/c1-6-18-37-19-11-15-27-21-25(14-10-20-38-23-24-12-8-7-9-13-24)30(32(36-5)31(27)35-4)26-16-17-28(33-2)29(22-26)34-3/h6-9,12-13,16-17,22H,1,10-11,14-15,18-20,23H2,2-5H3. The Morgan fingerprint density at radius 3 is 2.08 bits per heavy atom. The second-order valence-electron chi connectivity index (χ2n) is 8.70. The number of hydrogen-bond donors (Lipinski definition) is 0. The molecule has 0 unspecified atom stereocenters. The number of methoxy groups -OCH3 is 4. The molecule has 3 aromatic rings. The second kappa shape index (κ2) is 15.7. The lowest BCUT2D eigenvalue weighted by Crippen LogP contribution is -2.06. The monoisotopic (exact) mass is 519 g/mol. The number of rotatable bonds is 17. The van der Waals surface area contributed by atoms with Crippen LogP contribution in [0.15, 0.2) is 61.2 Å². The lowest BCUT2D eigenvalue weighted by atomic mass is 9.91. The van der Waals surface area contributed by atoms with Gasteiger partial charge in [-0.15, -0.1) is 6.58 Å². The Hall–Kier alpha value is -3.48. The van der Waals surface area contributed by atoms with Gasteiger partial charge in [0.05, 0.1) is 41.7 Å². The third-order valence-electron chi connectivity index (χ3n) is 6.17. The van der Waals surface area contributed by atoms with E-state index >= 15 is 0 Å². The van der Waals surface area contributed by atoms with E-state index in [1.54, 1.807) is 34.5 Å². The minimum Gasteiger partial charge on any atom is -0.493 e.